The van der Waals surface area contributed by atoms with Gasteiger partial charge in [0.15, 0.2) is 5.58 Å². The Bertz CT molecular complexity index is 818. The molecule has 3 aromatic rings. The zero-order valence-corrected chi connectivity index (χ0v) is 14.6. The van der Waals surface area contributed by atoms with E-state index in [0.717, 1.165) is 15.6 Å². The summed E-state index contributed by atoms with van der Waals surface area (Å²) in [6.07, 6.45) is 0. The van der Waals surface area contributed by atoms with Crippen LogP contribution in [0.4, 0.5) is 0 Å². The van der Waals surface area contributed by atoms with Crippen LogP contribution in [0.25, 0.3) is 11.1 Å². The minimum Gasteiger partial charge on any atom is -0.408 e. The monoisotopic (exact) mass is 415 g/mol. The molecule has 0 saturated carbocycles. The molecule has 20 heavy (non-hydrogen) atoms. The average Bonchev–Trinajstić information content (AvgIpc) is 2.99. The fourth-order valence-electron chi connectivity index (χ4n) is 2.18. The molecule has 1 unspecified atom stereocenters. The van der Waals surface area contributed by atoms with E-state index >= 15 is 0 Å². The topological polar surface area (TPSA) is 35.1 Å². The van der Waals surface area contributed by atoms with Gasteiger partial charge >= 0.3 is 5.76 Å². The maximum atomic E-state index is 11.7. The maximum absolute atomic E-state index is 11.7. The number of oxazole rings is 1. The summed E-state index contributed by atoms with van der Waals surface area (Å²) in [4.78, 5) is 13.0. The molecule has 0 radical (unpaired) electrons. The molecule has 0 amide bonds. The highest BCUT2D eigenvalue weighted by Gasteiger charge is 2.17. The summed E-state index contributed by atoms with van der Waals surface area (Å²) in [5.41, 5.74) is 2.54. The number of nitrogens with zero attached hydrogens (tertiary/aromatic N) is 1. The highest BCUT2D eigenvalue weighted by Crippen LogP contribution is 2.39. The Hall–Kier alpha value is -0.850. The summed E-state index contributed by atoms with van der Waals surface area (Å²) in [5.74, 6) is -0.303. The van der Waals surface area contributed by atoms with Crippen LogP contribution in [-0.2, 0) is 6.54 Å². The minimum absolute atomic E-state index is 0.0801. The van der Waals surface area contributed by atoms with Crippen LogP contribution in [-0.4, -0.2) is 4.57 Å². The largest absolute Gasteiger partial charge is 0.419 e. The van der Waals surface area contributed by atoms with E-state index in [4.69, 9.17) is 4.42 Å². The van der Waals surface area contributed by atoms with Crippen LogP contribution >= 0.6 is 43.2 Å². The predicted molar refractivity (Wildman–Crippen MR) is 88.9 cm³/mol. The van der Waals surface area contributed by atoms with E-state index in [0.29, 0.717) is 12.1 Å². The van der Waals surface area contributed by atoms with Crippen LogP contribution in [0.15, 0.2) is 43.3 Å². The summed E-state index contributed by atoms with van der Waals surface area (Å²) in [6.45, 7) is 2.54. The second-order valence-electron chi connectivity index (χ2n) is 4.33. The Labute approximate surface area is 136 Å². The highest BCUT2D eigenvalue weighted by atomic mass is 79.9. The van der Waals surface area contributed by atoms with Gasteiger partial charge in [0.25, 0.3) is 0 Å². The normalized spacial score (nSPS) is 12.9. The Morgan fingerprint density at radius 1 is 1.40 bits per heavy atom. The third-order valence-corrected chi connectivity index (χ3v) is 6.40. The van der Waals surface area contributed by atoms with Crippen molar-refractivity contribution in [3.63, 3.8) is 0 Å². The zero-order valence-electron chi connectivity index (χ0n) is 10.6. The zero-order chi connectivity index (χ0) is 14.3. The molecular weight excluding hydrogens is 406 g/mol. The molecule has 0 aliphatic heterocycles. The molecule has 6 heteroatoms. The first kappa shape index (κ1) is 14.1. The van der Waals surface area contributed by atoms with Crippen molar-refractivity contribution in [3.8, 4) is 0 Å². The van der Waals surface area contributed by atoms with Crippen molar-refractivity contribution in [2.45, 2.75) is 18.3 Å². The van der Waals surface area contributed by atoms with Gasteiger partial charge in [0.05, 0.1) is 10.3 Å². The first-order valence-corrected chi connectivity index (χ1v) is 8.71. The van der Waals surface area contributed by atoms with Crippen LogP contribution in [0.3, 0.4) is 0 Å². The van der Waals surface area contributed by atoms with Gasteiger partial charge in [0, 0.05) is 15.9 Å². The van der Waals surface area contributed by atoms with E-state index in [1.807, 2.05) is 36.6 Å². The van der Waals surface area contributed by atoms with Crippen molar-refractivity contribution in [1.82, 2.24) is 4.57 Å². The second-order valence-corrected chi connectivity index (χ2v) is 7.05. The van der Waals surface area contributed by atoms with Gasteiger partial charge < -0.3 is 4.42 Å². The van der Waals surface area contributed by atoms with Crippen LogP contribution in [0.1, 0.15) is 22.2 Å². The number of thiophene rings is 1. The molecule has 1 atom stereocenters. The van der Waals surface area contributed by atoms with Gasteiger partial charge in [-0.1, -0.05) is 22.0 Å². The van der Waals surface area contributed by atoms with E-state index in [2.05, 4.69) is 31.9 Å². The van der Waals surface area contributed by atoms with Crippen molar-refractivity contribution in [3.05, 3.63) is 55.1 Å². The molecule has 2 heterocycles. The quantitative estimate of drug-likeness (QED) is 0.567. The van der Waals surface area contributed by atoms with Crippen LogP contribution < -0.4 is 5.76 Å². The lowest BCUT2D eigenvalue weighted by Gasteiger charge is -2.09. The Morgan fingerprint density at radius 2 is 2.20 bits per heavy atom. The minimum atomic E-state index is -0.303. The number of alkyl halides is 1. The van der Waals surface area contributed by atoms with Crippen LogP contribution in [0.2, 0.25) is 0 Å². The lowest BCUT2D eigenvalue weighted by molar-refractivity contribution is 0.513. The Morgan fingerprint density at radius 3 is 2.85 bits per heavy atom. The van der Waals surface area contributed by atoms with E-state index in [1.165, 1.54) is 4.88 Å². The molecule has 3 rings (SSSR count). The first-order valence-electron chi connectivity index (χ1n) is 6.12. The van der Waals surface area contributed by atoms with Crippen LogP contribution in [0.5, 0.6) is 0 Å². The van der Waals surface area contributed by atoms with E-state index in [-0.39, 0.29) is 10.6 Å². The molecule has 3 nitrogen and oxygen atoms in total. The molecule has 0 aliphatic rings. The maximum Gasteiger partial charge on any atom is 0.419 e. The molecule has 0 spiro atoms. The molecule has 0 aliphatic carbocycles. The third kappa shape index (κ3) is 2.29. The molecule has 1 aromatic carbocycles. The van der Waals surface area contributed by atoms with Crippen molar-refractivity contribution < 1.29 is 4.42 Å². The van der Waals surface area contributed by atoms with Crippen molar-refractivity contribution in [1.29, 1.82) is 0 Å². The number of halogens is 2. The smallest absolute Gasteiger partial charge is 0.408 e. The summed E-state index contributed by atoms with van der Waals surface area (Å²) in [7, 11) is 0. The average molecular weight is 417 g/mol. The molecule has 104 valence electrons. The number of aryl methyl sites for hydroxylation is 1. The summed E-state index contributed by atoms with van der Waals surface area (Å²) in [6, 6.07) is 7.92. The lowest BCUT2D eigenvalue weighted by atomic mass is 10.1. The van der Waals surface area contributed by atoms with E-state index in [1.54, 1.807) is 15.9 Å². The predicted octanol–water partition coefficient (Wildman–Crippen LogP) is 4.92. The van der Waals surface area contributed by atoms with Gasteiger partial charge in [-0.25, -0.2) is 4.79 Å². The van der Waals surface area contributed by atoms with Gasteiger partial charge in [-0.15, -0.1) is 11.3 Å². The number of rotatable bonds is 3. The third-order valence-electron chi connectivity index (χ3n) is 3.18. The summed E-state index contributed by atoms with van der Waals surface area (Å²) >= 11 is 8.93. The lowest BCUT2D eigenvalue weighted by Crippen LogP contribution is -2.11. The van der Waals surface area contributed by atoms with Crippen molar-refractivity contribution >= 4 is 54.3 Å². The highest BCUT2D eigenvalue weighted by molar-refractivity contribution is 9.11. The van der Waals surface area contributed by atoms with Crippen molar-refractivity contribution in [2.75, 3.05) is 0 Å². The summed E-state index contributed by atoms with van der Waals surface area (Å²) < 4.78 is 8.02. The second kappa shape index (κ2) is 5.50. The number of benzene rings is 1. The van der Waals surface area contributed by atoms with E-state index in [9.17, 15) is 4.79 Å². The molecule has 0 N–H and O–H groups in total. The van der Waals surface area contributed by atoms with Gasteiger partial charge in [0.2, 0.25) is 0 Å². The van der Waals surface area contributed by atoms with Gasteiger partial charge in [0.1, 0.15) is 0 Å². The van der Waals surface area contributed by atoms with Gasteiger partial charge in [-0.05, 0) is 52.0 Å². The number of fused-ring (bicyclic) bond motifs is 1. The van der Waals surface area contributed by atoms with Gasteiger partial charge in [-0.2, -0.15) is 0 Å². The van der Waals surface area contributed by atoms with Crippen molar-refractivity contribution in [2.24, 2.45) is 0 Å². The number of aromatic nitrogens is 1. The SMILES string of the molecule is CCn1c(=O)oc2cc(C(Br)c3sccc3Br)ccc21. The molecule has 2 aromatic heterocycles. The molecular formula is C14H11Br2NO2S. The molecule has 0 fully saturated rings. The fraction of sp³-hybridized carbons (Fsp3) is 0.214. The fourth-order valence-corrected chi connectivity index (χ4v) is 4.94. The molecule has 0 saturated heterocycles. The number of hydrogen-bond donors (Lipinski definition) is 0. The Kier molecular flexibility index (Phi) is 3.88. The van der Waals surface area contributed by atoms with Gasteiger partial charge in [-0.3, -0.25) is 4.57 Å². The Balaban J connectivity index is 2.10. The van der Waals surface area contributed by atoms with E-state index < -0.39 is 0 Å². The summed E-state index contributed by atoms with van der Waals surface area (Å²) in [5, 5.41) is 2.04. The first-order chi connectivity index (χ1) is 9.61. The standard InChI is InChI=1S/C14H11Br2NO2S/c1-2-17-10-4-3-8(7-11(10)19-14(17)18)12(16)13-9(15)5-6-20-13/h3-7,12H,2H2,1H3. The number of hydrogen-bond acceptors (Lipinski definition) is 3. The van der Waals surface area contributed by atoms with Crippen LogP contribution in [0, 0.1) is 0 Å². The molecule has 0 bridgehead atoms.